The molecular weight excluding hydrogens is 367 g/mol. The Kier molecular flexibility index (Phi) is 5.56. The molecule has 0 saturated heterocycles. The SMILES string of the molecule is C[C@H](Cc1nc(Cc2cnccn2)cc(-c2cncnc2)n1)c1ccc(F)cc1. The van der Waals surface area contributed by atoms with Gasteiger partial charge < -0.3 is 0 Å². The van der Waals surface area contributed by atoms with E-state index in [2.05, 4.69) is 26.9 Å². The second-order valence-corrected chi connectivity index (χ2v) is 6.82. The minimum absolute atomic E-state index is 0.141. The van der Waals surface area contributed by atoms with Crippen LogP contribution in [0.1, 0.15) is 35.6 Å². The van der Waals surface area contributed by atoms with Crippen LogP contribution >= 0.6 is 0 Å². The van der Waals surface area contributed by atoms with Gasteiger partial charge >= 0.3 is 0 Å². The standard InChI is InChI=1S/C22H19FN6/c1-15(16-2-4-18(23)5-3-16)8-22-28-19(9-20-13-24-6-7-27-20)10-21(29-22)17-11-25-14-26-12-17/h2-7,10-15H,8-9H2,1H3/t15-/m1/s1. The van der Waals surface area contributed by atoms with Crippen LogP contribution in [-0.2, 0) is 12.8 Å². The van der Waals surface area contributed by atoms with Gasteiger partial charge in [0.05, 0.1) is 17.1 Å². The first-order valence-corrected chi connectivity index (χ1v) is 9.30. The maximum atomic E-state index is 13.2. The van der Waals surface area contributed by atoms with Crippen molar-refractivity contribution in [2.24, 2.45) is 0 Å². The van der Waals surface area contributed by atoms with E-state index in [1.807, 2.05) is 6.07 Å². The summed E-state index contributed by atoms with van der Waals surface area (Å²) in [5.41, 5.74) is 4.31. The van der Waals surface area contributed by atoms with E-state index in [1.54, 1.807) is 43.1 Å². The molecule has 0 N–H and O–H groups in total. The van der Waals surface area contributed by atoms with E-state index in [0.717, 1.165) is 28.2 Å². The fourth-order valence-corrected chi connectivity index (χ4v) is 3.10. The number of aromatic nitrogens is 6. The average molecular weight is 386 g/mol. The Balaban J connectivity index is 1.66. The van der Waals surface area contributed by atoms with E-state index in [9.17, 15) is 4.39 Å². The Morgan fingerprint density at radius 3 is 2.41 bits per heavy atom. The Bertz CT molecular complexity index is 1070. The average Bonchev–Trinajstić information content (AvgIpc) is 2.75. The highest BCUT2D eigenvalue weighted by atomic mass is 19.1. The summed E-state index contributed by atoms with van der Waals surface area (Å²) in [6.07, 6.45) is 11.2. The first-order valence-electron chi connectivity index (χ1n) is 9.30. The van der Waals surface area contributed by atoms with Gasteiger partial charge in [-0.1, -0.05) is 19.1 Å². The zero-order chi connectivity index (χ0) is 20.1. The van der Waals surface area contributed by atoms with Gasteiger partial charge in [0.25, 0.3) is 0 Å². The summed E-state index contributed by atoms with van der Waals surface area (Å²) >= 11 is 0. The van der Waals surface area contributed by atoms with Crippen molar-refractivity contribution in [1.82, 2.24) is 29.9 Å². The molecular formula is C22H19FN6. The summed E-state index contributed by atoms with van der Waals surface area (Å²) in [5.74, 6) is 0.610. The first-order chi connectivity index (χ1) is 14.2. The fourth-order valence-electron chi connectivity index (χ4n) is 3.10. The minimum atomic E-state index is -0.241. The van der Waals surface area contributed by atoms with Crippen molar-refractivity contribution in [1.29, 1.82) is 0 Å². The van der Waals surface area contributed by atoms with Crippen LogP contribution in [0.2, 0.25) is 0 Å². The second-order valence-electron chi connectivity index (χ2n) is 6.82. The Morgan fingerprint density at radius 2 is 1.69 bits per heavy atom. The quantitative estimate of drug-likeness (QED) is 0.502. The lowest BCUT2D eigenvalue weighted by atomic mass is 9.97. The maximum Gasteiger partial charge on any atom is 0.129 e. The van der Waals surface area contributed by atoms with Gasteiger partial charge in [-0.05, 0) is 29.7 Å². The van der Waals surface area contributed by atoms with Crippen molar-refractivity contribution in [3.8, 4) is 11.3 Å². The van der Waals surface area contributed by atoms with Gasteiger partial charge in [0, 0.05) is 49.4 Å². The molecule has 6 nitrogen and oxygen atoms in total. The summed E-state index contributed by atoms with van der Waals surface area (Å²) in [6.45, 7) is 2.08. The molecule has 7 heteroatoms. The highest BCUT2D eigenvalue weighted by Crippen LogP contribution is 2.22. The molecule has 3 aromatic heterocycles. The van der Waals surface area contributed by atoms with Crippen LogP contribution in [0.15, 0.2) is 67.6 Å². The number of nitrogens with zero attached hydrogens (tertiary/aromatic N) is 6. The van der Waals surface area contributed by atoms with Crippen LogP contribution in [0.3, 0.4) is 0 Å². The Morgan fingerprint density at radius 1 is 0.897 bits per heavy atom. The van der Waals surface area contributed by atoms with Crippen LogP contribution in [0.25, 0.3) is 11.3 Å². The number of hydrogen-bond donors (Lipinski definition) is 0. The van der Waals surface area contributed by atoms with Crippen molar-refractivity contribution in [3.63, 3.8) is 0 Å². The van der Waals surface area contributed by atoms with Crippen molar-refractivity contribution in [2.75, 3.05) is 0 Å². The van der Waals surface area contributed by atoms with Crippen molar-refractivity contribution < 1.29 is 4.39 Å². The zero-order valence-electron chi connectivity index (χ0n) is 15.9. The van der Waals surface area contributed by atoms with Gasteiger partial charge in [-0.2, -0.15) is 0 Å². The van der Waals surface area contributed by atoms with Crippen LogP contribution in [0.4, 0.5) is 4.39 Å². The molecule has 0 fully saturated rings. The van der Waals surface area contributed by atoms with Crippen LogP contribution in [-0.4, -0.2) is 29.9 Å². The van der Waals surface area contributed by atoms with Crippen molar-refractivity contribution in [2.45, 2.75) is 25.7 Å². The molecule has 4 rings (SSSR count). The number of rotatable bonds is 6. The third-order valence-corrected chi connectivity index (χ3v) is 4.59. The van der Waals surface area contributed by atoms with Gasteiger partial charge in [0.2, 0.25) is 0 Å². The molecule has 0 saturated carbocycles. The van der Waals surface area contributed by atoms with Gasteiger partial charge in [-0.15, -0.1) is 0 Å². The molecule has 0 amide bonds. The van der Waals surface area contributed by atoms with Gasteiger partial charge in [0.1, 0.15) is 18.0 Å². The van der Waals surface area contributed by atoms with Crippen molar-refractivity contribution >= 4 is 0 Å². The molecule has 0 aliphatic carbocycles. The van der Waals surface area contributed by atoms with E-state index in [-0.39, 0.29) is 11.7 Å². The molecule has 0 spiro atoms. The number of benzene rings is 1. The predicted octanol–water partition coefficient (Wildman–Crippen LogP) is 3.80. The second kappa shape index (κ2) is 8.60. The third-order valence-electron chi connectivity index (χ3n) is 4.59. The Labute approximate surface area is 168 Å². The highest BCUT2D eigenvalue weighted by Gasteiger charge is 2.13. The highest BCUT2D eigenvalue weighted by molar-refractivity contribution is 5.57. The number of hydrogen-bond acceptors (Lipinski definition) is 6. The fraction of sp³-hybridized carbons (Fsp3) is 0.182. The van der Waals surface area contributed by atoms with E-state index in [0.29, 0.717) is 18.7 Å². The van der Waals surface area contributed by atoms with Crippen LogP contribution in [0, 0.1) is 5.82 Å². The molecule has 1 atom stereocenters. The molecule has 0 aliphatic rings. The smallest absolute Gasteiger partial charge is 0.129 e. The number of halogens is 1. The predicted molar refractivity (Wildman–Crippen MR) is 106 cm³/mol. The maximum absolute atomic E-state index is 13.2. The van der Waals surface area contributed by atoms with Gasteiger partial charge in [-0.25, -0.2) is 24.3 Å². The summed E-state index contributed by atoms with van der Waals surface area (Å²) < 4.78 is 13.2. The molecule has 0 radical (unpaired) electrons. The minimum Gasteiger partial charge on any atom is -0.261 e. The molecule has 3 heterocycles. The molecule has 29 heavy (non-hydrogen) atoms. The molecule has 0 unspecified atom stereocenters. The summed E-state index contributed by atoms with van der Waals surface area (Å²) in [7, 11) is 0. The summed E-state index contributed by atoms with van der Waals surface area (Å²) in [6, 6.07) is 8.48. The molecule has 144 valence electrons. The topological polar surface area (TPSA) is 77.3 Å². The largest absolute Gasteiger partial charge is 0.261 e. The van der Waals surface area contributed by atoms with E-state index in [1.165, 1.54) is 18.5 Å². The summed E-state index contributed by atoms with van der Waals surface area (Å²) in [5, 5.41) is 0. The lowest BCUT2D eigenvalue weighted by Gasteiger charge is -2.13. The normalized spacial score (nSPS) is 11.9. The molecule has 1 aromatic carbocycles. The molecule has 0 bridgehead atoms. The summed E-state index contributed by atoms with van der Waals surface area (Å²) in [4.78, 5) is 26.1. The molecule has 4 aromatic rings. The van der Waals surface area contributed by atoms with Crippen molar-refractivity contribution in [3.05, 3.63) is 96.2 Å². The van der Waals surface area contributed by atoms with E-state index in [4.69, 9.17) is 9.97 Å². The van der Waals surface area contributed by atoms with Crippen LogP contribution in [0.5, 0.6) is 0 Å². The monoisotopic (exact) mass is 386 g/mol. The lowest BCUT2D eigenvalue weighted by Crippen LogP contribution is -2.07. The molecule has 0 aliphatic heterocycles. The van der Waals surface area contributed by atoms with E-state index >= 15 is 0 Å². The zero-order valence-corrected chi connectivity index (χ0v) is 15.9. The van der Waals surface area contributed by atoms with Gasteiger partial charge in [-0.3, -0.25) is 9.97 Å². The third kappa shape index (κ3) is 4.82. The van der Waals surface area contributed by atoms with Gasteiger partial charge in [0.15, 0.2) is 0 Å². The van der Waals surface area contributed by atoms with Crippen LogP contribution < -0.4 is 0 Å². The first kappa shape index (κ1) is 18.7. The Hall–Kier alpha value is -3.61. The lowest BCUT2D eigenvalue weighted by molar-refractivity contribution is 0.624. The van der Waals surface area contributed by atoms with E-state index < -0.39 is 0 Å².